The maximum atomic E-state index is 12.2. The van der Waals surface area contributed by atoms with Gasteiger partial charge in [-0.1, -0.05) is 23.9 Å². The monoisotopic (exact) mass is 385 g/mol. The number of ether oxygens (including phenoxy) is 1. The molecular weight excluding hydrogens is 366 g/mol. The van der Waals surface area contributed by atoms with Gasteiger partial charge in [-0.25, -0.2) is 4.98 Å². The second kappa shape index (κ2) is 8.33. The Labute approximate surface area is 161 Å². The summed E-state index contributed by atoms with van der Waals surface area (Å²) in [5.41, 5.74) is 3.94. The number of amides is 1. The van der Waals surface area contributed by atoms with Gasteiger partial charge in [0.1, 0.15) is 5.75 Å². The number of thioether (sulfide) groups is 1. The normalized spacial score (nSPS) is 10.6. The van der Waals surface area contributed by atoms with Crippen LogP contribution >= 0.6 is 23.3 Å². The van der Waals surface area contributed by atoms with Crippen LogP contribution in [0.2, 0.25) is 0 Å². The fraction of sp³-hybridized carbons (Fsp3) is 0.211. The van der Waals surface area contributed by atoms with Crippen LogP contribution in [-0.4, -0.2) is 28.1 Å². The minimum atomic E-state index is -0.0510. The third-order valence-corrected chi connectivity index (χ3v) is 5.58. The van der Waals surface area contributed by atoms with E-state index in [4.69, 9.17) is 4.74 Å². The number of methoxy groups -OCH3 is 1. The number of aromatic nitrogens is 2. The summed E-state index contributed by atoms with van der Waals surface area (Å²) < 4.78 is 10.3. The molecule has 2 aromatic carbocycles. The largest absolute Gasteiger partial charge is 0.497 e. The van der Waals surface area contributed by atoms with Gasteiger partial charge in [0.2, 0.25) is 5.91 Å². The van der Waals surface area contributed by atoms with Crippen molar-refractivity contribution in [3.05, 3.63) is 53.6 Å². The highest BCUT2D eigenvalue weighted by Crippen LogP contribution is 2.26. The summed E-state index contributed by atoms with van der Waals surface area (Å²) in [4.78, 5) is 16.7. The lowest BCUT2D eigenvalue weighted by Crippen LogP contribution is -2.14. The summed E-state index contributed by atoms with van der Waals surface area (Å²) in [6.45, 7) is 3.99. The number of rotatable bonds is 6. The first-order valence-corrected chi connectivity index (χ1v) is 9.79. The number of carbonyl (C=O) groups is 1. The van der Waals surface area contributed by atoms with Crippen LogP contribution in [-0.2, 0) is 4.79 Å². The van der Waals surface area contributed by atoms with Crippen molar-refractivity contribution < 1.29 is 9.53 Å². The smallest absolute Gasteiger partial charge is 0.234 e. The Morgan fingerprint density at radius 3 is 2.69 bits per heavy atom. The quantitative estimate of drug-likeness (QED) is 0.630. The molecule has 1 heterocycles. The van der Waals surface area contributed by atoms with E-state index in [9.17, 15) is 4.79 Å². The van der Waals surface area contributed by atoms with Gasteiger partial charge in [-0.15, -0.1) is 0 Å². The lowest BCUT2D eigenvalue weighted by molar-refractivity contribution is -0.113. The predicted molar refractivity (Wildman–Crippen MR) is 107 cm³/mol. The summed E-state index contributed by atoms with van der Waals surface area (Å²) >= 11 is 2.69. The molecular formula is C19H19N3O2S2. The zero-order valence-corrected chi connectivity index (χ0v) is 16.4. The van der Waals surface area contributed by atoms with E-state index in [0.717, 1.165) is 32.5 Å². The van der Waals surface area contributed by atoms with E-state index in [1.54, 1.807) is 7.11 Å². The van der Waals surface area contributed by atoms with Crippen LogP contribution in [0, 0.1) is 13.8 Å². The van der Waals surface area contributed by atoms with Crippen molar-refractivity contribution in [1.29, 1.82) is 0 Å². The van der Waals surface area contributed by atoms with E-state index in [1.165, 1.54) is 23.3 Å². The molecule has 0 atom stereocenters. The number of hydrogen-bond acceptors (Lipinski definition) is 6. The van der Waals surface area contributed by atoms with Gasteiger partial charge in [0, 0.05) is 11.3 Å². The highest BCUT2D eigenvalue weighted by atomic mass is 32.2. The molecule has 0 unspecified atom stereocenters. The summed E-state index contributed by atoms with van der Waals surface area (Å²) in [6, 6.07) is 13.6. The fourth-order valence-electron chi connectivity index (χ4n) is 2.31. The SMILES string of the molecule is COc1ccc(-c2nsc(SCC(=O)Nc3cc(C)ccc3C)n2)cc1. The molecule has 0 spiro atoms. The average molecular weight is 386 g/mol. The van der Waals surface area contributed by atoms with E-state index in [-0.39, 0.29) is 5.91 Å². The molecule has 7 heteroatoms. The fourth-order valence-corrected chi connectivity index (χ4v) is 3.72. The number of nitrogens with zero attached hydrogens (tertiary/aromatic N) is 2. The van der Waals surface area contributed by atoms with Crippen molar-refractivity contribution in [3.8, 4) is 17.1 Å². The Morgan fingerprint density at radius 1 is 1.19 bits per heavy atom. The molecule has 26 heavy (non-hydrogen) atoms. The molecule has 0 fully saturated rings. The number of aryl methyl sites for hydroxylation is 2. The molecule has 3 rings (SSSR count). The van der Waals surface area contributed by atoms with E-state index in [2.05, 4.69) is 14.7 Å². The minimum absolute atomic E-state index is 0.0510. The van der Waals surface area contributed by atoms with Crippen molar-refractivity contribution in [1.82, 2.24) is 9.36 Å². The molecule has 5 nitrogen and oxygen atoms in total. The Morgan fingerprint density at radius 2 is 1.96 bits per heavy atom. The zero-order valence-electron chi connectivity index (χ0n) is 14.8. The standard InChI is InChI=1S/C19H19N3O2S2/c1-12-4-5-13(2)16(10-12)20-17(23)11-25-19-21-18(22-26-19)14-6-8-15(24-3)9-7-14/h4-10H,11H2,1-3H3,(H,20,23). The Hall–Kier alpha value is -2.38. The second-order valence-electron chi connectivity index (χ2n) is 5.77. The van der Waals surface area contributed by atoms with E-state index in [0.29, 0.717) is 11.6 Å². The van der Waals surface area contributed by atoms with Gasteiger partial charge in [0.15, 0.2) is 10.2 Å². The molecule has 0 aliphatic rings. The van der Waals surface area contributed by atoms with Crippen LogP contribution in [0.5, 0.6) is 5.75 Å². The second-order valence-corrected chi connectivity index (χ2v) is 7.74. The maximum Gasteiger partial charge on any atom is 0.234 e. The van der Waals surface area contributed by atoms with E-state index in [1.807, 2.05) is 56.3 Å². The summed E-state index contributed by atoms with van der Waals surface area (Å²) in [5, 5.41) is 2.96. The van der Waals surface area contributed by atoms with Crippen LogP contribution in [0.1, 0.15) is 11.1 Å². The van der Waals surface area contributed by atoms with Gasteiger partial charge in [-0.05, 0) is 66.8 Å². The van der Waals surface area contributed by atoms with Crippen LogP contribution < -0.4 is 10.1 Å². The summed E-state index contributed by atoms with van der Waals surface area (Å²) in [7, 11) is 1.63. The highest BCUT2D eigenvalue weighted by molar-refractivity contribution is 8.01. The molecule has 0 bridgehead atoms. The number of carbonyl (C=O) groups excluding carboxylic acids is 1. The number of nitrogens with one attached hydrogen (secondary N) is 1. The van der Waals surface area contributed by atoms with Crippen molar-refractivity contribution in [3.63, 3.8) is 0 Å². The van der Waals surface area contributed by atoms with Crippen molar-refractivity contribution in [2.75, 3.05) is 18.2 Å². The summed E-state index contributed by atoms with van der Waals surface area (Å²) in [6.07, 6.45) is 0. The lowest BCUT2D eigenvalue weighted by Gasteiger charge is -2.08. The third kappa shape index (κ3) is 4.62. The molecule has 3 aromatic rings. The molecule has 0 aliphatic heterocycles. The summed E-state index contributed by atoms with van der Waals surface area (Å²) in [5.74, 6) is 1.70. The first kappa shape index (κ1) is 18.4. The predicted octanol–water partition coefficient (Wildman–Crippen LogP) is 4.56. The lowest BCUT2D eigenvalue weighted by atomic mass is 10.1. The molecule has 1 N–H and O–H groups in total. The van der Waals surface area contributed by atoms with Gasteiger partial charge in [0.05, 0.1) is 12.9 Å². The van der Waals surface area contributed by atoms with Crippen molar-refractivity contribution in [2.45, 2.75) is 18.2 Å². The Bertz CT molecular complexity index is 907. The average Bonchev–Trinajstić information content (AvgIpc) is 3.12. The Kier molecular flexibility index (Phi) is 5.90. The number of anilines is 1. The number of benzene rings is 2. The van der Waals surface area contributed by atoms with Gasteiger partial charge in [-0.2, -0.15) is 4.37 Å². The number of hydrogen-bond donors (Lipinski definition) is 1. The van der Waals surface area contributed by atoms with Crippen molar-refractivity contribution in [2.24, 2.45) is 0 Å². The molecule has 0 aliphatic carbocycles. The van der Waals surface area contributed by atoms with Crippen LogP contribution in [0.3, 0.4) is 0 Å². The highest BCUT2D eigenvalue weighted by Gasteiger charge is 2.11. The Balaban J connectivity index is 1.58. The molecule has 1 amide bonds. The van der Waals surface area contributed by atoms with Gasteiger partial charge in [0.25, 0.3) is 0 Å². The van der Waals surface area contributed by atoms with Gasteiger partial charge < -0.3 is 10.1 Å². The van der Waals surface area contributed by atoms with Crippen LogP contribution in [0.4, 0.5) is 5.69 Å². The van der Waals surface area contributed by atoms with Gasteiger partial charge >= 0.3 is 0 Å². The van der Waals surface area contributed by atoms with Crippen LogP contribution in [0.25, 0.3) is 11.4 Å². The van der Waals surface area contributed by atoms with E-state index >= 15 is 0 Å². The molecule has 0 radical (unpaired) electrons. The van der Waals surface area contributed by atoms with Gasteiger partial charge in [-0.3, -0.25) is 4.79 Å². The first-order chi connectivity index (χ1) is 12.5. The van der Waals surface area contributed by atoms with E-state index < -0.39 is 0 Å². The molecule has 134 valence electrons. The topological polar surface area (TPSA) is 64.1 Å². The zero-order chi connectivity index (χ0) is 18.5. The maximum absolute atomic E-state index is 12.2. The van der Waals surface area contributed by atoms with Crippen molar-refractivity contribution >= 4 is 34.9 Å². The molecule has 0 saturated carbocycles. The third-order valence-electron chi connectivity index (χ3n) is 3.75. The van der Waals surface area contributed by atoms with Crippen LogP contribution in [0.15, 0.2) is 46.8 Å². The first-order valence-electron chi connectivity index (χ1n) is 8.03. The minimum Gasteiger partial charge on any atom is -0.497 e. The molecule has 0 saturated heterocycles. The molecule has 1 aromatic heterocycles.